The van der Waals surface area contributed by atoms with Crippen LogP contribution in [-0.2, 0) is 18.5 Å². The van der Waals surface area contributed by atoms with E-state index in [0.717, 1.165) is 23.9 Å². The monoisotopic (exact) mass is 516 g/mol. The van der Waals surface area contributed by atoms with Crippen molar-refractivity contribution in [2.45, 2.75) is 23.6 Å². The summed E-state index contributed by atoms with van der Waals surface area (Å²) in [6.07, 6.45) is -4.45. The molecule has 0 aliphatic carbocycles. The molecule has 0 atom stereocenters. The second-order valence-corrected chi connectivity index (χ2v) is 8.55. The number of ether oxygens (including phenoxy) is 1. The summed E-state index contributed by atoms with van der Waals surface area (Å²) >= 11 is 1.15. The molecule has 0 unspecified atom stereocenters. The lowest BCUT2D eigenvalue weighted by Crippen LogP contribution is -2.24. The van der Waals surface area contributed by atoms with Gasteiger partial charge >= 0.3 is 6.18 Å². The van der Waals surface area contributed by atoms with Crippen LogP contribution in [0.5, 0.6) is 5.75 Å². The third-order valence-corrected chi connectivity index (χ3v) is 6.15. The van der Waals surface area contributed by atoms with Crippen molar-refractivity contribution < 1.29 is 27.1 Å². The van der Waals surface area contributed by atoms with E-state index in [-0.39, 0.29) is 18.2 Å². The molecule has 1 amide bonds. The molecule has 0 bridgehead atoms. The highest BCUT2D eigenvalue weighted by molar-refractivity contribution is 7.98. The number of amides is 1. The van der Waals surface area contributed by atoms with Crippen molar-refractivity contribution in [1.82, 2.24) is 20.1 Å². The van der Waals surface area contributed by atoms with Crippen molar-refractivity contribution in [2.75, 3.05) is 7.11 Å². The molecule has 0 fully saturated rings. The van der Waals surface area contributed by atoms with E-state index in [1.807, 2.05) is 0 Å². The van der Waals surface area contributed by atoms with Gasteiger partial charge in [-0.3, -0.25) is 9.36 Å². The Morgan fingerprint density at radius 1 is 1.03 bits per heavy atom. The zero-order chi connectivity index (χ0) is 25.7. The summed E-state index contributed by atoms with van der Waals surface area (Å²) in [7, 11) is 1.52. The average Bonchev–Trinajstić information content (AvgIpc) is 3.28. The van der Waals surface area contributed by atoms with Crippen molar-refractivity contribution >= 4 is 17.7 Å². The molecule has 1 heterocycles. The van der Waals surface area contributed by atoms with Crippen LogP contribution < -0.4 is 10.1 Å². The Hall–Kier alpha value is -3.86. The quantitative estimate of drug-likeness (QED) is 0.242. The van der Waals surface area contributed by atoms with E-state index in [1.165, 1.54) is 31.4 Å². The van der Waals surface area contributed by atoms with Crippen molar-refractivity contribution in [1.29, 1.82) is 0 Å². The van der Waals surface area contributed by atoms with E-state index >= 15 is 0 Å². The van der Waals surface area contributed by atoms with Crippen LogP contribution in [0.15, 0.2) is 78.0 Å². The average molecular weight is 517 g/mol. The fourth-order valence-electron chi connectivity index (χ4n) is 3.37. The molecule has 0 saturated carbocycles. The molecule has 4 aromatic rings. The van der Waals surface area contributed by atoms with Gasteiger partial charge in [-0.05, 0) is 54.1 Å². The maximum atomic E-state index is 14.0. The highest BCUT2D eigenvalue weighted by Crippen LogP contribution is 2.31. The van der Waals surface area contributed by atoms with E-state index < -0.39 is 17.6 Å². The van der Waals surface area contributed by atoms with Crippen LogP contribution in [0.3, 0.4) is 0 Å². The zero-order valence-electron chi connectivity index (χ0n) is 18.9. The Labute approximate surface area is 208 Å². The molecule has 6 nitrogen and oxygen atoms in total. The van der Waals surface area contributed by atoms with Crippen LogP contribution >= 0.6 is 11.8 Å². The Kier molecular flexibility index (Phi) is 7.58. The Morgan fingerprint density at radius 3 is 2.47 bits per heavy atom. The van der Waals surface area contributed by atoms with E-state index in [4.69, 9.17) is 4.74 Å². The number of hydrogen-bond acceptors (Lipinski definition) is 5. The minimum absolute atomic E-state index is 0.0154. The summed E-state index contributed by atoms with van der Waals surface area (Å²) in [6.45, 7) is -0.0154. The van der Waals surface area contributed by atoms with Gasteiger partial charge < -0.3 is 10.1 Å². The first kappa shape index (κ1) is 25.2. The third kappa shape index (κ3) is 6.03. The highest BCUT2D eigenvalue weighted by atomic mass is 32.2. The zero-order valence-corrected chi connectivity index (χ0v) is 19.7. The standard InChI is InChI=1S/C25H20F4N4O2S/c1-35-21-10-8-17(9-11-21)23(34)30-14-22-31-32-24(33(22)20-7-3-6-19(26)13-20)36-15-16-4-2-5-18(12-16)25(27,28)29/h2-13H,14-15H2,1H3,(H,30,34). The lowest BCUT2D eigenvalue weighted by molar-refractivity contribution is -0.137. The van der Waals surface area contributed by atoms with Gasteiger partial charge in [0.05, 0.1) is 24.9 Å². The minimum Gasteiger partial charge on any atom is -0.497 e. The van der Waals surface area contributed by atoms with Crippen molar-refractivity contribution in [3.63, 3.8) is 0 Å². The molecular weight excluding hydrogens is 496 g/mol. The number of nitrogens with one attached hydrogen (secondary N) is 1. The number of aromatic nitrogens is 3. The van der Waals surface area contributed by atoms with E-state index in [2.05, 4.69) is 15.5 Å². The summed E-state index contributed by atoms with van der Waals surface area (Å²) in [5.74, 6) is 0.275. The number of thioether (sulfide) groups is 1. The Morgan fingerprint density at radius 2 is 1.78 bits per heavy atom. The van der Waals surface area contributed by atoms with E-state index in [9.17, 15) is 22.4 Å². The Balaban J connectivity index is 1.56. The predicted molar refractivity (Wildman–Crippen MR) is 126 cm³/mol. The van der Waals surface area contributed by atoms with Crippen LogP contribution in [0.4, 0.5) is 17.6 Å². The molecule has 0 aliphatic rings. The smallest absolute Gasteiger partial charge is 0.416 e. The lowest BCUT2D eigenvalue weighted by Gasteiger charge is -2.12. The molecule has 3 aromatic carbocycles. The molecule has 0 spiro atoms. The number of rotatable bonds is 8. The van der Waals surface area contributed by atoms with Crippen molar-refractivity contribution in [2.24, 2.45) is 0 Å². The maximum absolute atomic E-state index is 14.0. The molecule has 0 radical (unpaired) electrons. The summed E-state index contributed by atoms with van der Waals surface area (Å²) in [6, 6.07) is 17.3. The first-order chi connectivity index (χ1) is 17.2. The molecule has 1 aromatic heterocycles. The molecule has 0 saturated heterocycles. The molecular formula is C25H20F4N4O2S. The van der Waals surface area contributed by atoms with Crippen molar-refractivity contribution in [3.05, 3.63) is 101 Å². The maximum Gasteiger partial charge on any atom is 0.416 e. The van der Waals surface area contributed by atoms with Gasteiger partial charge in [0.15, 0.2) is 11.0 Å². The second kappa shape index (κ2) is 10.8. The van der Waals surface area contributed by atoms with Crippen LogP contribution in [0.1, 0.15) is 27.3 Å². The number of carbonyl (C=O) groups is 1. The normalized spacial score (nSPS) is 11.4. The number of carbonyl (C=O) groups excluding carboxylic acids is 1. The number of hydrogen-bond donors (Lipinski definition) is 1. The van der Waals surface area contributed by atoms with Crippen molar-refractivity contribution in [3.8, 4) is 11.4 Å². The van der Waals surface area contributed by atoms with E-state index in [1.54, 1.807) is 41.0 Å². The van der Waals surface area contributed by atoms with Gasteiger partial charge in [-0.25, -0.2) is 4.39 Å². The highest BCUT2D eigenvalue weighted by Gasteiger charge is 2.30. The van der Waals surface area contributed by atoms with Gasteiger partial charge in [-0.15, -0.1) is 10.2 Å². The summed E-state index contributed by atoms with van der Waals surface area (Å²) in [4.78, 5) is 12.6. The van der Waals surface area contributed by atoms with Gasteiger partial charge in [-0.1, -0.05) is 36.0 Å². The molecule has 36 heavy (non-hydrogen) atoms. The molecule has 11 heteroatoms. The number of benzene rings is 3. The van der Waals surface area contributed by atoms with Gasteiger partial charge in [0.25, 0.3) is 5.91 Å². The lowest BCUT2D eigenvalue weighted by atomic mass is 10.1. The summed E-state index contributed by atoms with van der Waals surface area (Å²) < 4.78 is 59.8. The first-order valence-electron chi connectivity index (χ1n) is 10.7. The minimum atomic E-state index is -4.45. The van der Waals surface area contributed by atoms with Gasteiger partial charge in [0, 0.05) is 11.3 Å². The Bertz CT molecular complexity index is 1360. The summed E-state index contributed by atoms with van der Waals surface area (Å²) in [5, 5.41) is 11.4. The number of alkyl halides is 3. The topological polar surface area (TPSA) is 69.0 Å². The van der Waals surface area contributed by atoms with Gasteiger partial charge in [-0.2, -0.15) is 13.2 Å². The number of nitrogens with zero attached hydrogens (tertiary/aromatic N) is 3. The van der Waals surface area contributed by atoms with Crippen LogP contribution in [0.2, 0.25) is 0 Å². The molecule has 4 rings (SSSR count). The fourth-order valence-corrected chi connectivity index (χ4v) is 4.29. The largest absolute Gasteiger partial charge is 0.497 e. The number of methoxy groups -OCH3 is 1. The third-order valence-electron chi connectivity index (χ3n) is 5.15. The predicted octanol–water partition coefficient (Wildman–Crippen LogP) is 5.66. The van der Waals surface area contributed by atoms with Crippen LogP contribution in [0, 0.1) is 5.82 Å². The van der Waals surface area contributed by atoms with Crippen LogP contribution in [0.25, 0.3) is 5.69 Å². The second-order valence-electron chi connectivity index (χ2n) is 7.61. The fraction of sp³-hybridized carbons (Fsp3) is 0.160. The first-order valence-corrected chi connectivity index (χ1v) is 11.6. The van der Waals surface area contributed by atoms with E-state index in [0.29, 0.717) is 33.5 Å². The molecule has 186 valence electrons. The molecule has 1 N–H and O–H groups in total. The number of halogens is 4. The SMILES string of the molecule is COc1ccc(C(=O)NCc2nnc(SCc3cccc(C(F)(F)F)c3)n2-c2cccc(F)c2)cc1. The van der Waals surface area contributed by atoms with Gasteiger partial charge in [0.2, 0.25) is 0 Å². The molecule has 0 aliphatic heterocycles. The van der Waals surface area contributed by atoms with Crippen LogP contribution in [-0.4, -0.2) is 27.8 Å². The summed E-state index contributed by atoms with van der Waals surface area (Å²) in [5.41, 5.74) is 0.527. The van der Waals surface area contributed by atoms with Gasteiger partial charge in [0.1, 0.15) is 11.6 Å².